The first kappa shape index (κ1) is 11.9. The lowest BCUT2D eigenvalue weighted by Gasteiger charge is -2.03. The van der Waals surface area contributed by atoms with E-state index in [0.717, 1.165) is 4.90 Å². The van der Waals surface area contributed by atoms with Gasteiger partial charge in [0, 0.05) is 9.92 Å². The highest BCUT2D eigenvalue weighted by Gasteiger charge is 2.06. The van der Waals surface area contributed by atoms with Gasteiger partial charge in [-0.25, -0.2) is 0 Å². The summed E-state index contributed by atoms with van der Waals surface area (Å²) in [4.78, 5) is 12.8. The number of benzene rings is 1. The second-order valence-electron chi connectivity index (χ2n) is 3.02. The SMILES string of the molecule is COc1nc(N)nc(Sc2ccc(Cl)cc2)n1. The van der Waals surface area contributed by atoms with Crippen LogP contribution in [-0.4, -0.2) is 22.1 Å². The first-order valence-corrected chi connectivity index (χ1v) is 5.86. The molecular formula is C10H9ClN4OS. The highest BCUT2D eigenvalue weighted by atomic mass is 35.5. The molecule has 0 atom stereocenters. The average Bonchev–Trinajstić information content (AvgIpc) is 2.31. The van der Waals surface area contributed by atoms with Crippen LogP contribution >= 0.6 is 23.4 Å². The molecule has 0 saturated carbocycles. The number of nitrogens with zero attached hydrogens (tertiary/aromatic N) is 3. The molecule has 7 heteroatoms. The Kier molecular flexibility index (Phi) is 3.65. The van der Waals surface area contributed by atoms with Gasteiger partial charge < -0.3 is 10.5 Å². The number of aromatic nitrogens is 3. The van der Waals surface area contributed by atoms with E-state index >= 15 is 0 Å². The normalized spacial score (nSPS) is 10.2. The van der Waals surface area contributed by atoms with Gasteiger partial charge in [0.15, 0.2) is 0 Å². The molecule has 0 aliphatic carbocycles. The molecule has 0 bridgehead atoms. The molecule has 88 valence electrons. The molecule has 2 rings (SSSR count). The number of nitrogens with two attached hydrogens (primary N) is 1. The maximum Gasteiger partial charge on any atom is 0.321 e. The Morgan fingerprint density at radius 2 is 1.88 bits per heavy atom. The minimum Gasteiger partial charge on any atom is -0.467 e. The number of hydrogen-bond acceptors (Lipinski definition) is 6. The minimum absolute atomic E-state index is 0.133. The van der Waals surface area contributed by atoms with Crippen molar-refractivity contribution in [2.45, 2.75) is 10.1 Å². The maximum absolute atomic E-state index is 5.80. The van der Waals surface area contributed by atoms with Crippen molar-refractivity contribution < 1.29 is 4.74 Å². The largest absolute Gasteiger partial charge is 0.467 e. The van der Waals surface area contributed by atoms with Crippen LogP contribution in [0.5, 0.6) is 6.01 Å². The molecule has 0 spiro atoms. The van der Waals surface area contributed by atoms with Crippen LogP contribution in [0.2, 0.25) is 5.02 Å². The Hall–Kier alpha value is -1.53. The Morgan fingerprint density at radius 3 is 2.53 bits per heavy atom. The summed E-state index contributed by atoms with van der Waals surface area (Å²) < 4.78 is 4.92. The number of hydrogen-bond donors (Lipinski definition) is 1. The highest BCUT2D eigenvalue weighted by molar-refractivity contribution is 7.99. The molecular weight excluding hydrogens is 260 g/mol. The number of anilines is 1. The van der Waals surface area contributed by atoms with Crippen molar-refractivity contribution in [3.05, 3.63) is 29.3 Å². The summed E-state index contributed by atoms with van der Waals surface area (Å²) in [5.41, 5.74) is 5.54. The van der Waals surface area contributed by atoms with Crippen molar-refractivity contribution in [1.29, 1.82) is 0 Å². The fraction of sp³-hybridized carbons (Fsp3) is 0.100. The molecule has 0 unspecified atom stereocenters. The molecule has 0 aliphatic rings. The number of methoxy groups -OCH3 is 1. The Bertz CT molecular complexity index is 520. The van der Waals surface area contributed by atoms with Gasteiger partial charge in [0.05, 0.1) is 7.11 Å². The Labute approximate surface area is 107 Å². The fourth-order valence-electron chi connectivity index (χ4n) is 1.10. The summed E-state index contributed by atoms with van der Waals surface area (Å²) in [7, 11) is 1.48. The zero-order valence-corrected chi connectivity index (χ0v) is 10.5. The van der Waals surface area contributed by atoms with E-state index in [1.807, 2.05) is 12.1 Å². The molecule has 0 saturated heterocycles. The van der Waals surface area contributed by atoms with Crippen molar-refractivity contribution in [3.8, 4) is 6.01 Å². The smallest absolute Gasteiger partial charge is 0.321 e. The van der Waals surface area contributed by atoms with Gasteiger partial charge in [-0.2, -0.15) is 15.0 Å². The van der Waals surface area contributed by atoms with Crippen molar-refractivity contribution in [3.63, 3.8) is 0 Å². The first-order chi connectivity index (χ1) is 8.17. The molecule has 17 heavy (non-hydrogen) atoms. The zero-order valence-electron chi connectivity index (χ0n) is 8.92. The van der Waals surface area contributed by atoms with E-state index in [1.165, 1.54) is 18.9 Å². The third-order valence-electron chi connectivity index (χ3n) is 1.82. The monoisotopic (exact) mass is 268 g/mol. The standard InChI is InChI=1S/C10H9ClN4OS/c1-16-9-13-8(12)14-10(15-9)17-7-4-2-6(11)3-5-7/h2-5H,1H3,(H2,12,13,14,15). The van der Waals surface area contributed by atoms with E-state index in [4.69, 9.17) is 22.1 Å². The summed E-state index contributed by atoms with van der Waals surface area (Å²) in [6, 6.07) is 7.55. The lowest BCUT2D eigenvalue weighted by molar-refractivity contribution is 0.374. The second-order valence-corrected chi connectivity index (χ2v) is 4.50. The minimum atomic E-state index is 0.133. The highest BCUT2D eigenvalue weighted by Crippen LogP contribution is 2.26. The van der Waals surface area contributed by atoms with E-state index in [-0.39, 0.29) is 12.0 Å². The van der Waals surface area contributed by atoms with Gasteiger partial charge in [0.2, 0.25) is 11.1 Å². The molecule has 1 heterocycles. The summed E-state index contributed by atoms with van der Waals surface area (Å²) in [5, 5.41) is 1.17. The topological polar surface area (TPSA) is 73.9 Å². The van der Waals surface area contributed by atoms with Crippen LogP contribution < -0.4 is 10.5 Å². The van der Waals surface area contributed by atoms with Gasteiger partial charge in [-0.1, -0.05) is 11.6 Å². The van der Waals surface area contributed by atoms with E-state index in [1.54, 1.807) is 12.1 Å². The quantitative estimate of drug-likeness (QED) is 0.920. The van der Waals surface area contributed by atoms with Gasteiger partial charge in [-0.15, -0.1) is 0 Å². The first-order valence-electron chi connectivity index (χ1n) is 4.66. The van der Waals surface area contributed by atoms with Crippen molar-refractivity contribution in [2.24, 2.45) is 0 Å². The number of rotatable bonds is 3. The predicted octanol–water partition coefficient (Wildman–Crippen LogP) is 2.27. The van der Waals surface area contributed by atoms with Gasteiger partial charge in [-0.05, 0) is 36.0 Å². The van der Waals surface area contributed by atoms with E-state index in [9.17, 15) is 0 Å². The lowest BCUT2D eigenvalue weighted by atomic mass is 10.4. The van der Waals surface area contributed by atoms with Crippen LogP contribution in [-0.2, 0) is 0 Å². The number of nitrogen functional groups attached to an aromatic ring is 1. The summed E-state index contributed by atoms with van der Waals surface area (Å²) in [6.07, 6.45) is 0. The van der Waals surface area contributed by atoms with E-state index in [2.05, 4.69) is 15.0 Å². The Balaban J connectivity index is 2.23. The van der Waals surface area contributed by atoms with E-state index < -0.39 is 0 Å². The van der Waals surface area contributed by atoms with Crippen molar-refractivity contribution >= 4 is 29.3 Å². The molecule has 0 amide bonds. The number of halogens is 1. The van der Waals surface area contributed by atoms with Crippen LogP contribution in [0.1, 0.15) is 0 Å². The van der Waals surface area contributed by atoms with Crippen LogP contribution in [0, 0.1) is 0 Å². The zero-order chi connectivity index (χ0) is 12.3. The third-order valence-corrected chi connectivity index (χ3v) is 2.94. The van der Waals surface area contributed by atoms with Gasteiger partial charge in [-0.3, -0.25) is 0 Å². The molecule has 2 N–H and O–H groups in total. The Morgan fingerprint density at radius 1 is 1.18 bits per heavy atom. The van der Waals surface area contributed by atoms with Crippen LogP contribution in [0.3, 0.4) is 0 Å². The molecule has 0 aliphatic heterocycles. The molecule has 5 nitrogen and oxygen atoms in total. The summed E-state index contributed by atoms with van der Waals surface area (Å²) in [5.74, 6) is 0.133. The molecule has 0 fully saturated rings. The fourth-order valence-corrected chi connectivity index (χ4v) is 1.97. The van der Waals surface area contributed by atoms with Crippen molar-refractivity contribution in [1.82, 2.24) is 15.0 Å². The molecule has 1 aromatic carbocycles. The summed E-state index contributed by atoms with van der Waals surface area (Å²) in [6.45, 7) is 0. The lowest BCUT2D eigenvalue weighted by Crippen LogP contribution is -2.01. The van der Waals surface area contributed by atoms with Gasteiger partial charge >= 0.3 is 6.01 Å². The van der Waals surface area contributed by atoms with Gasteiger partial charge in [0.25, 0.3) is 0 Å². The second kappa shape index (κ2) is 5.20. The van der Waals surface area contributed by atoms with E-state index in [0.29, 0.717) is 10.2 Å². The van der Waals surface area contributed by atoms with Crippen LogP contribution in [0.25, 0.3) is 0 Å². The molecule has 1 aromatic heterocycles. The van der Waals surface area contributed by atoms with Crippen LogP contribution in [0.15, 0.2) is 34.3 Å². The summed E-state index contributed by atoms with van der Waals surface area (Å²) >= 11 is 7.16. The predicted molar refractivity (Wildman–Crippen MR) is 66.4 cm³/mol. The van der Waals surface area contributed by atoms with Crippen LogP contribution in [0.4, 0.5) is 5.95 Å². The van der Waals surface area contributed by atoms with Gasteiger partial charge in [0.1, 0.15) is 0 Å². The molecule has 0 radical (unpaired) electrons. The number of ether oxygens (including phenoxy) is 1. The average molecular weight is 269 g/mol. The van der Waals surface area contributed by atoms with Crippen molar-refractivity contribution in [2.75, 3.05) is 12.8 Å². The maximum atomic E-state index is 5.80. The third kappa shape index (κ3) is 3.21. The molecule has 2 aromatic rings.